The number of aryl methyl sites for hydroxylation is 1. The summed E-state index contributed by atoms with van der Waals surface area (Å²) in [5.74, 6) is -1.53. The maximum Gasteiger partial charge on any atom is 0.308 e. The number of carboxylic acids is 1. The van der Waals surface area contributed by atoms with E-state index in [1.807, 2.05) is 31.2 Å². The normalized spacial score (nSPS) is 21.7. The molecule has 0 spiro atoms. The number of hydrogen-bond donors (Lipinski definition) is 3. The Kier molecular flexibility index (Phi) is 3.88. The first-order valence-corrected chi connectivity index (χ1v) is 7.68. The molecule has 1 aliphatic carbocycles. The summed E-state index contributed by atoms with van der Waals surface area (Å²) < 4.78 is 0. The van der Waals surface area contributed by atoms with E-state index in [2.05, 4.69) is 10.3 Å². The zero-order chi connectivity index (χ0) is 15.7. The minimum atomic E-state index is -0.822. The molecule has 0 saturated heterocycles. The van der Waals surface area contributed by atoms with Crippen molar-refractivity contribution in [1.82, 2.24) is 10.3 Å². The fourth-order valence-corrected chi connectivity index (χ4v) is 3.28. The molecule has 0 bridgehead atoms. The lowest BCUT2D eigenvalue weighted by Gasteiger charge is -2.29. The van der Waals surface area contributed by atoms with Crippen LogP contribution in [0.25, 0.3) is 10.9 Å². The van der Waals surface area contributed by atoms with Crippen molar-refractivity contribution in [2.45, 2.75) is 38.6 Å². The summed E-state index contributed by atoms with van der Waals surface area (Å²) in [6.45, 7) is 1.99. The number of carbonyl (C=O) groups excluding carboxylic acids is 1. The van der Waals surface area contributed by atoms with Crippen LogP contribution in [-0.2, 0) is 4.79 Å². The van der Waals surface area contributed by atoms with Gasteiger partial charge in [0.15, 0.2) is 0 Å². The van der Waals surface area contributed by atoms with E-state index < -0.39 is 11.9 Å². The Morgan fingerprint density at radius 1 is 1.27 bits per heavy atom. The molecule has 2 aromatic rings. The van der Waals surface area contributed by atoms with Gasteiger partial charge in [-0.05, 0) is 31.4 Å². The molecule has 116 valence electrons. The number of amides is 1. The van der Waals surface area contributed by atoms with Crippen molar-refractivity contribution < 1.29 is 14.7 Å². The van der Waals surface area contributed by atoms with Crippen molar-refractivity contribution in [2.24, 2.45) is 5.92 Å². The SMILES string of the molecule is Cc1cccc2cc(C(=O)N[C@@H]3CCCC[C@H]3C(=O)O)[nH]c12. The molecule has 1 amide bonds. The first kappa shape index (κ1) is 14.6. The Bertz CT molecular complexity index is 720. The van der Waals surface area contributed by atoms with Crippen molar-refractivity contribution in [1.29, 1.82) is 0 Å². The lowest BCUT2D eigenvalue weighted by molar-refractivity contribution is -0.143. The zero-order valence-electron chi connectivity index (χ0n) is 12.6. The second kappa shape index (κ2) is 5.83. The van der Waals surface area contributed by atoms with Crippen molar-refractivity contribution in [3.63, 3.8) is 0 Å². The average Bonchev–Trinajstić information content (AvgIpc) is 2.93. The maximum atomic E-state index is 12.4. The molecule has 3 rings (SSSR count). The number of benzene rings is 1. The Morgan fingerprint density at radius 2 is 2.05 bits per heavy atom. The number of H-pyrrole nitrogens is 1. The molecule has 1 heterocycles. The van der Waals surface area contributed by atoms with E-state index in [1.165, 1.54) is 0 Å². The van der Waals surface area contributed by atoms with E-state index >= 15 is 0 Å². The first-order chi connectivity index (χ1) is 10.6. The van der Waals surface area contributed by atoms with Gasteiger partial charge < -0.3 is 15.4 Å². The van der Waals surface area contributed by atoms with Crippen molar-refractivity contribution in [2.75, 3.05) is 0 Å². The average molecular weight is 300 g/mol. The number of aromatic amines is 1. The second-order valence-corrected chi connectivity index (χ2v) is 6.03. The highest BCUT2D eigenvalue weighted by Gasteiger charge is 2.32. The van der Waals surface area contributed by atoms with Crippen molar-refractivity contribution in [3.8, 4) is 0 Å². The van der Waals surface area contributed by atoms with Crippen LogP contribution < -0.4 is 5.32 Å². The number of carboxylic acid groups (broad SMARTS) is 1. The van der Waals surface area contributed by atoms with Gasteiger partial charge >= 0.3 is 5.97 Å². The predicted octanol–water partition coefficient (Wildman–Crippen LogP) is 2.85. The van der Waals surface area contributed by atoms with E-state index in [0.29, 0.717) is 12.1 Å². The molecule has 5 nitrogen and oxygen atoms in total. The molecule has 22 heavy (non-hydrogen) atoms. The number of aromatic nitrogens is 1. The molecular formula is C17H20N2O3. The minimum absolute atomic E-state index is 0.228. The Balaban J connectivity index is 1.80. The molecule has 0 radical (unpaired) electrons. The van der Waals surface area contributed by atoms with Gasteiger partial charge in [-0.2, -0.15) is 0 Å². The third-order valence-corrected chi connectivity index (χ3v) is 4.51. The van der Waals surface area contributed by atoms with E-state index in [-0.39, 0.29) is 11.9 Å². The number of rotatable bonds is 3. The molecule has 1 aromatic carbocycles. The zero-order valence-corrected chi connectivity index (χ0v) is 12.6. The minimum Gasteiger partial charge on any atom is -0.481 e. The number of aliphatic carboxylic acids is 1. The predicted molar refractivity (Wildman–Crippen MR) is 83.9 cm³/mol. The number of carbonyl (C=O) groups is 2. The van der Waals surface area contributed by atoms with Crippen LogP contribution in [0.15, 0.2) is 24.3 Å². The topological polar surface area (TPSA) is 82.2 Å². The molecule has 5 heteroatoms. The summed E-state index contributed by atoms with van der Waals surface area (Å²) in [6, 6.07) is 7.43. The Hall–Kier alpha value is -2.30. The quantitative estimate of drug-likeness (QED) is 0.815. The van der Waals surface area contributed by atoms with Crippen LogP contribution in [0.4, 0.5) is 0 Å². The van der Waals surface area contributed by atoms with Crippen LogP contribution in [0, 0.1) is 12.8 Å². The van der Waals surface area contributed by atoms with Crippen molar-refractivity contribution >= 4 is 22.8 Å². The van der Waals surface area contributed by atoms with Crippen LogP contribution in [-0.4, -0.2) is 28.0 Å². The van der Waals surface area contributed by atoms with Gasteiger partial charge in [0, 0.05) is 16.9 Å². The standard InChI is InChI=1S/C17H20N2O3/c1-10-5-4-6-11-9-14(18-15(10)11)16(20)19-13-8-3-2-7-12(13)17(21)22/h4-6,9,12-13,18H,2-3,7-8H2,1H3,(H,19,20)(H,21,22)/t12-,13-/m1/s1. The molecule has 1 fully saturated rings. The Labute approximate surface area is 128 Å². The molecule has 1 aliphatic rings. The summed E-state index contributed by atoms with van der Waals surface area (Å²) in [7, 11) is 0. The highest BCUT2D eigenvalue weighted by molar-refractivity contribution is 5.99. The van der Waals surface area contributed by atoms with E-state index in [4.69, 9.17) is 0 Å². The maximum absolute atomic E-state index is 12.4. The van der Waals surface area contributed by atoms with Crippen LogP contribution in [0.2, 0.25) is 0 Å². The monoisotopic (exact) mass is 300 g/mol. The molecule has 0 aliphatic heterocycles. The largest absolute Gasteiger partial charge is 0.481 e. The molecule has 1 saturated carbocycles. The van der Waals surface area contributed by atoms with Crippen LogP contribution in [0.5, 0.6) is 0 Å². The van der Waals surface area contributed by atoms with Crippen LogP contribution in [0.1, 0.15) is 41.7 Å². The second-order valence-electron chi connectivity index (χ2n) is 6.03. The Morgan fingerprint density at radius 3 is 2.77 bits per heavy atom. The fraction of sp³-hybridized carbons (Fsp3) is 0.412. The van der Waals surface area contributed by atoms with E-state index in [1.54, 1.807) is 0 Å². The lowest BCUT2D eigenvalue weighted by atomic mass is 9.84. The van der Waals surface area contributed by atoms with Gasteiger partial charge in [0.05, 0.1) is 5.92 Å². The molecule has 2 atom stereocenters. The van der Waals surface area contributed by atoms with Crippen LogP contribution >= 0.6 is 0 Å². The van der Waals surface area contributed by atoms with Gasteiger partial charge in [0.1, 0.15) is 5.69 Å². The third kappa shape index (κ3) is 2.71. The van der Waals surface area contributed by atoms with Crippen molar-refractivity contribution in [3.05, 3.63) is 35.5 Å². The third-order valence-electron chi connectivity index (χ3n) is 4.51. The number of fused-ring (bicyclic) bond motifs is 1. The summed E-state index contributed by atoms with van der Waals surface area (Å²) in [5.41, 5.74) is 2.52. The van der Waals surface area contributed by atoms with Gasteiger partial charge in [-0.1, -0.05) is 31.0 Å². The van der Waals surface area contributed by atoms with E-state index in [9.17, 15) is 14.7 Å². The molecule has 1 aromatic heterocycles. The van der Waals surface area contributed by atoms with Gasteiger partial charge in [0.2, 0.25) is 0 Å². The molecular weight excluding hydrogens is 280 g/mol. The van der Waals surface area contributed by atoms with E-state index in [0.717, 1.165) is 35.7 Å². The van der Waals surface area contributed by atoms with Gasteiger partial charge in [0.25, 0.3) is 5.91 Å². The number of nitrogens with one attached hydrogen (secondary N) is 2. The van der Waals surface area contributed by atoms with Crippen LogP contribution in [0.3, 0.4) is 0 Å². The first-order valence-electron chi connectivity index (χ1n) is 7.68. The van der Waals surface area contributed by atoms with Gasteiger partial charge in [-0.25, -0.2) is 0 Å². The summed E-state index contributed by atoms with van der Waals surface area (Å²) in [6.07, 6.45) is 3.23. The summed E-state index contributed by atoms with van der Waals surface area (Å²) >= 11 is 0. The highest BCUT2D eigenvalue weighted by atomic mass is 16.4. The molecule has 3 N–H and O–H groups in total. The lowest BCUT2D eigenvalue weighted by Crippen LogP contribution is -2.45. The fourth-order valence-electron chi connectivity index (χ4n) is 3.28. The number of hydrogen-bond acceptors (Lipinski definition) is 2. The molecule has 0 unspecified atom stereocenters. The highest BCUT2D eigenvalue weighted by Crippen LogP contribution is 2.25. The summed E-state index contributed by atoms with van der Waals surface area (Å²) in [5, 5.41) is 13.2. The smallest absolute Gasteiger partial charge is 0.308 e. The van der Waals surface area contributed by atoms with Gasteiger partial charge in [-0.3, -0.25) is 9.59 Å². The van der Waals surface area contributed by atoms with Gasteiger partial charge in [-0.15, -0.1) is 0 Å². The summed E-state index contributed by atoms with van der Waals surface area (Å²) in [4.78, 5) is 26.9. The number of para-hydroxylation sites is 1.